The molecule has 3 heterocycles. The predicted octanol–water partition coefficient (Wildman–Crippen LogP) is 3.15. The van der Waals surface area contributed by atoms with Crippen LogP contribution in [0.5, 0.6) is 0 Å². The molecule has 0 fully saturated rings. The zero-order valence-corrected chi connectivity index (χ0v) is 16.4. The standard InChI is InChI=1S/C19H17F3N8O/c1-18(2,31)10-25-16-28-15(13-4-3-5-14(27-13)19(20,21)22)29-17(30-16)26-12-6-11(7-23)8-24-9-12/h3-6,8-9,31H,10H2,1-2H3,(H2,25,26,28,29,30). The van der Waals surface area contributed by atoms with E-state index in [2.05, 4.69) is 35.6 Å². The number of hydrogen-bond acceptors (Lipinski definition) is 9. The maximum absolute atomic E-state index is 13.1. The van der Waals surface area contributed by atoms with Gasteiger partial charge in [-0.3, -0.25) is 4.98 Å². The van der Waals surface area contributed by atoms with Gasteiger partial charge in [0, 0.05) is 12.7 Å². The Morgan fingerprint density at radius 3 is 2.48 bits per heavy atom. The minimum Gasteiger partial charge on any atom is -0.389 e. The van der Waals surface area contributed by atoms with Crippen molar-refractivity contribution in [2.24, 2.45) is 0 Å². The number of nitriles is 1. The van der Waals surface area contributed by atoms with E-state index in [0.29, 0.717) is 11.3 Å². The van der Waals surface area contributed by atoms with Crippen molar-refractivity contribution >= 4 is 17.6 Å². The lowest BCUT2D eigenvalue weighted by Gasteiger charge is -2.18. The molecule has 0 spiro atoms. The van der Waals surface area contributed by atoms with Crippen LogP contribution in [0.1, 0.15) is 25.1 Å². The Morgan fingerprint density at radius 1 is 1.06 bits per heavy atom. The Bertz CT molecular complexity index is 1120. The molecule has 0 aromatic carbocycles. The highest BCUT2D eigenvalue weighted by Gasteiger charge is 2.32. The summed E-state index contributed by atoms with van der Waals surface area (Å²) >= 11 is 0. The average Bonchev–Trinajstić information content (AvgIpc) is 2.71. The number of nitrogens with one attached hydrogen (secondary N) is 2. The van der Waals surface area contributed by atoms with E-state index in [9.17, 15) is 18.3 Å². The third kappa shape index (κ3) is 6.06. The minimum absolute atomic E-state index is 0.0123. The topological polar surface area (TPSA) is 133 Å². The van der Waals surface area contributed by atoms with Crippen LogP contribution in [0, 0.1) is 11.3 Å². The number of alkyl halides is 3. The van der Waals surface area contributed by atoms with Crippen molar-refractivity contribution in [3.63, 3.8) is 0 Å². The normalized spacial score (nSPS) is 11.6. The first-order valence-electron chi connectivity index (χ1n) is 8.93. The van der Waals surface area contributed by atoms with E-state index in [0.717, 1.165) is 6.07 Å². The molecule has 0 atom stereocenters. The number of anilines is 3. The Balaban J connectivity index is 2.02. The molecule has 0 bridgehead atoms. The summed E-state index contributed by atoms with van der Waals surface area (Å²) in [6, 6.07) is 6.83. The summed E-state index contributed by atoms with van der Waals surface area (Å²) < 4.78 is 39.2. The van der Waals surface area contributed by atoms with E-state index >= 15 is 0 Å². The van der Waals surface area contributed by atoms with Gasteiger partial charge in [-0.2, -0.15) is 33.4 Å². The quantitative estimate of drug-likeness (QED) is 0.539. The highest BCUT2D eigenvalue weighted by atomic mass is 19.4. The molecule has 0 radical (unpaired) electrons. The van der Waals surface area contributed by atoms with Crippen LogP contribution >= 0.6 is 0 Å². The molecule has 3 N–H and O–H groups in total. The van der Waals surface area contributed by atoms with Gasteiger partial charge >= 0.3 is 6.18 Å². The van der Waals surface area contributed by atoms with Crippen LogP contribution in [-0.2, 0) is 6.18 Å². The van der Waals surface area contributed by atoms with Crippen molar-refractivity contribution in [3.05, 3.63) is 47.9 Å². The second kappa shape index (κ2) is 8.49. The third-order valence-corrected chi connectivity index (χ3v) is 3.71. The van der Waals surface area contributed by atoms with Crippen molar-refractivity contribution in [2.45, 2.75) is 25.6 Å². The monoisotopic (exact) mass is 430 g/mol. The molecule has 0 aliphatic rings. The molecular formula is C19H17F3N8O. The number of nitrogens with zero attached hydrogens (tertiary/aromatic N) is 6. The van der Waals surface area contributed by atoms with E-state index in [-0.39, 0.29) is 30.0 Å². The van der Waals surface area contributed by atoms with Gasteiger partial charge in [-0.1, -0.05) is 6.07 Å². The lowest BCUT2D eigenvalue weighted by Crippen LogP contribution is -2.30. The Labute approximate surface area is 175 Å². The van der Waals surface area contributed by atoms with Crippen LogP contribution in [0.4, 0.5) is 30.8 Å². The first kappa shape index (κ1) is 21.8. The second-order valence-electron chi connectivity index (χ2n) is 7.08. The Hall–Kier alpha value is -3.85. The van der Waals surface area contributed by atoms with Gasteiger partial charge in [0.25, 0.3) is 0 Å². The van der Waals surface area contributed by atoms with Crippen molar-refractivity contribution in [1.82, 2.24) is 24.9 Å². The lowest BCUT2D eigenvalue weighted by molar-refractivity contribution is -0.141. The number of pyridine rings is 2. The fourth-order valence-corrected chi connectivity index (χ4v) is 2.34. The fraction of sp³-hybridized carbons (Fsp3) is 0.263. The molecule has 0 saturated heterocycles. The van der Waals surface area contributed by atoms with Crippen LogP contribution in [-0.4, -0.2) is 42.2 Å². The van der Waals surface area contributed by atoms with Crippen LogP contribution in [0.25, 0.3) is 11.5 Å². The van der Waals surface area contributed by atoms with Gasteiger partial charge in [-0.25, -0.2) is 4.98 Å². The van der Waals surface area contributed by atoms with Gasteiger partial charge in [0.05, 0.1) is 23.0 Å². The third-order valence-electron chi connectivity index (χ3n) is 3.71. The second-order valence-corrected chi connectivity index (χ2v) is 7.08. The van der Waals surface area contributed by atoms with Gasteiger partial charge in [0.2, 0.25) is 11.9 Å². The maximum atomic E-state index is 13.1. The highest BCUT2D eigenvalue weighted by Crippen LogP contribution is 2.29. The van der Waals surface area contributed by atoms with E-state index in [1.807, 2.05) is 6.07 Å². The molecule has 160 valence electrons. The zero-order valence-electron chi connectivity index (χ0n) is 16.4. The van der Waals surface area contributed by atoms with Crippen molar-refractivity contribution in [1.29, 1.82) is 5.26 Å². The van der Waals surface area contributed by atoms with E-state index < -0.39 is 17.5 Å². The minimum atomic E-state index is -4.63. The molecule has 0 amide bonds. The summed E-state index contributed by atoms with van der Waals surface area (Å²) in [5, 5.41) is 24.6. The molecule has 3 rings (SSSR count). The van der Waals surface area contributed by atoms with Crippen LogP contribution in [0.2, 0.25) is 0 Å². The molecule has 0 aliphatic carbocycles. The van der Waals surface area contributed by atoms with Gasteiger partial charge in [0.15, 0.2) is 5.82 Å². The van der Waals surface area contributed by atoms with E-state index in [4.69, 9.17) is 5.26 Å². The number of aliphatic hydroxyl groups is 1. The van der Waals surface area contributed by atoms with Crippen LogP contribution in [0.15, 0.2) is 36.7 Å². The Morgan fingerprint density at radius 2 is 1.81 bits per heavy atom. The summed E-state index contributed by atoms with van der Waals surface area (Å²) in [5.74, 6) is -0.121. The number of aromatic nitrogens is 5. The van der Waals surface area contributed by atoms with E-state index in [1.165, 1.54) is 30.6 Å². The summed E-state index contributed by atoms with van der Waals surface area (Å²) in [5.41, 5.74) is -1.62. The highest BCUT2D eigenvalue weighted by molar-refractivity contribution is 5.59. The van der Waals surface area contributed by atoms with Crippen molar-refractivity contribution < 1.29 is 18.3 Å². The first-order valence-corrected chi connectivity index (χ1v) is 8.93. The molecule has 31 heavy (non-hydrogen) atoms. The summed E-state index contributed by atoms with van der Waals surface area (Å²) in [4.78, 5) is 20.0. The average molecular weight is 430 g/mol. The molecular weight excluding hydrogens is 413 g/mol. The largest absolute Gasteiger partial charge is 0.433 e. The lowest BCUT2D eigenvalue weighted by atomic mass is 10.1. The van der Waals surface area contributed by atoms with Gasteiger partial charge in [0.1, 0.15) is 17.5 Å². The van der Waals surface area contributed by atoms with Crippen LogP contribution < -0.4 is 10.6 Å². The summed E-state index contributed by atoms with van der Waals surface area (Å²) in [6.45, 7) is 3.20. The maximum Gasteiger partial charge on any atom is 0.433 e. The fourth-order valence-electron chi connectivity index (χ4n) is 2.34. The van der Waals surface area contributed by atoms with Gasteiger partial charge in [-0.05, 0) is 32.0 Å². The molecule has 0 saturated carbocycles. The summed E-state index contributed by atoms with van der Waals surface area (Å²) in [7, 11) is 0. The van der Waals surface area contributed by atoms with Gasteiger partial charge in [-0.15, -0.1) is 0 Å². The number of rotatable bonds is 6. The predicted molar refractivity (Wildman–Crippen MR) is 105 cm³/mol. The number of halogens is 3. The molecule has 3 aromatic heterocycles. The molecule has 9 nitrogen and oxygen atoms in total. The summed E-state index contributed by atoms with van der Waals surface area (Å²) in [6.07, 6.45) is -1.83. The zero-order chi connectivity index (χ0) is 22.6. The molecule has 12 heteroatoms. The first-order chi connectivity index (χ1) is 14.5. The molecule has 0 aliphatic heterocycles. The van der Waals surface area contributed by atoms with Crippen molar-refractivity contribution in [3.8, 4) is 17.6 Å². The smallest absolute Gasteiger partial charge is 0.389 e. The Kier molecular flexibility index (Phi) is 5.98. The molecule has 3 aromatic rings. The van der Waals surface area contributed by atoms with E-state index in [1.54, 1.807) is 13.8 Å². The SMILES string of the molecule is CC(C)(O)CNc1nc(Nc2cncc(C#N)c2)nc(-c2cccc(C(F)(F)F)n2)n1. The van der Waals surface area contributed by atoms with Crippen LogP contribution in [0.3, 0.4) is 0 Å². The molecule has 0 unspecified atom stereocenters. The number of hydrogen-bond donors (Lipinski definition) is 3. The van der Waals surface area contributed by atoms with Crippen molar-refractivity contribution in [2.75, 3.05) is 17.2 Å². The van der Waals surface area contributed by atoms with Gasteiger partial charge < -0.3 is 15.7 Å².